The first-order valence-electron chi connectivity index (χ1n) is 9.13. The lowest BCUT2D eigenvalue weighted by Gasteiger charge is -2.18. The molecule has 8 heteroatoms. The third-order valence-electron chi connectivity index (χ3n) is 5.08. The van der Waals surface area contributed by atoms with Crippen LogP contribution in [0.4, 0.5) is 0 Å². The number of fused-ring (bicyclic) bond motifs is 1. The van der Waals surface area contributed by atoms with Gasteiger partial charge in [0.1, 0.15) is 23.3 Å². The number of carboxylic acid groups (broad SMARTS) is 1. The van der Waals surface area contributed by atoms with Crippen molar-refractivity contribution in [3.05, 3.63) is 76.4 Å². The largest absolute Gasteiger partial charge is 0.508 e. The summed E-state index contributed by atoms with van der Waals surface area (Å²) in [5, 5.41) is 33.8. The van der Waals surface area contributed by atoms with E-state index in [2.05, 4.69) is 5.10 Å². The third kappa shape index (κ3) is 3.28. The fourth-order valence-corrected chi connectivity index (χ4v) is 3.64. The number of carbonyl (C=O) groups is 1. The standard InChI is InChI=1S/C22H18N2O6/c1-24-17(8-9-23-24)15(10-19(27)28)20-18(26)7-6-14-21(29)16(11-30-22(14)20)12-2-4-13(25)5-3-12/h2-9,11,15,25-26H,10H2,1H3,(H,27,28)/t15-/m1/s1. The fraction of sp³-hybridized carbons (Fsp3) is 0.136. The van der Waals surface area contributed by atoms with E-state index in [9.17, 15) is 24.9 Å². The van der Waals surface area contributed by atoms with Crippen molar-refractivity contribution < 1.29 is 24.5 Å². The summed E-state index contributed by atoms with van der Waals surface area (Å²) in [6.45, 7) is 0. The molecule has 0 aliphatic rings. The van der Waals surface area contributed by atoms with Crippen LogP contribution in [-0.4, -0.2) is 31.1 Å². The van der Waals surface area contributed by atoms with Gasteiger partial charge in [-0.1, -0.05) is 12.1 Å². The SMILES string of the molecule is Cn1nccc1[C@@H](CC(=O)O)c1c(O)ccc2c(=O)c(-c3ccc(O)cc3)coc12. The van der Waals surface area contributed by atoms with Crippen molar-refractivity contribution in [2.75, 3.05) is 0 Å². The summed E-state index contributed by atoms with van der Waals surface area (Å²) in [7, 11) is 1.67. The van der Waals surface area contributed by atoms with E-state index in [-0.39, 0.29) is 45.4 Å². The highest BCUT2D eigenvalue weighted by atomic mass is 16.4. The highest BCUT2D eigenvalue weighted by molar-refractivity contribution is 5.87. The van der Waals surface area contributed by atoms with Gasteiger partial charge in [-0.05, 0) is 35.9 Å². The van der Waals surface area contributed by atoms with Crippen molar-refractivity contribution in [3.63, 3.8) is 0 Å². The van der Waals surface area contributed by atoms with Crippen molar-refractivity contribution in [1.82, 2.24) is 9.78 Å². The molecule has 2 aromatic carbocycles. The first kappa shape index (κ1) is 19.3. The molecule has 0 spiro atoms. The highest BCUT2D eigenvalue weighted by Crippen LogP contribution is 2.39. The number of hydrogen-bond donors (Lipinski definition) is 3. The predicted molar refractivity (Wildman–Crippen MR) is 109 cm³/mol. The fourth-order valence-electron chi connectivity index (χ4n) is 3.64. The molecule has 0 saturated carbocycles. The number of nitrogens with zero attached hydrogens (tertiary/aromatic N) is 2. The van der Waals surface area contributed by atoms with Gasteiger partial charge in [-0.2, -0.15) is 5.10 Å². The van der Waals surface area contributed by atoms with E-state index in [1.807, 2.05) is 0 Å². The summed E-state index contributed by atoms with van der Waals surface area (Å²) in [5.74, 6) is -1.94. The first-order valence-corrected chi connectivity index (χ1v) is 9.13. The van der Waals surface area contributed by atoms with E-state index in [0.29, 0.717) is 11.3 Å². The summed E-state index contributed by atoms with van der Waals surface area (Å²) >= 11 is 0. The second-order valence-corrected chi connectivity index (χ2v) is 6.93. The molecule has 0 aliphatic carbocycles. The Kier molecular flexibility index (Phi) is 4.75. The van der Waals surface area contributed by atoms with Gasteiger partial charge in [0.05, 0.1) is 17.4 Å². The van der Waals surface area contributed by atoms with Crippen LogP contribution in [0.1, 0.15) is 23.6 Å². The molecule has 4 rings (SSSR count). The molecule has 0 radical (unpaired) electrons. The maximum absolute atomic E-state index is 13.1. The van der Waals surface area contributed by atoms with Gasteiger partial charge in [-0.15, -0.1) is 0 Å². The van der Waals surface area contributed by atoms with Gasteiger partial charge >= 0.3 is 5.97 Å². The van der Waals surface area contributed by atoms with E-state index >= 15 is 0 Å². The second kappa shape index (κ2) is 7.40. The van der Waals surface area contributed by atoms with Crippen molar-refractivity contribution in [1.29, 1.82) is 0 Å². The van der Waals surface area contributed by atoms with Crippen LogP contribution in [0.25, 0.3) is 22.1 Å². The Bertz CT molecular complexity index is 1300. The molecule has 0 aliphatic heterocycles. The molecule has 0 amide bonds. The summed E-state index contributed by atoms with van der Waals surface area (Å²) in [5.41, 5.74) is 1.41. The minimum Gasteiger partial charge on any atom is -0.508 e. The molecule has 8 nitrogen and oxygen atoms in total. The zero-order valence-electron chi connectivity index (χ0n) is 15.9. The van der Waals surface area contributed by atoms with Gasteiger partial charge in [0, 0.05) is 30.4 Å². The molecule has 0 fully saturated rings. The van der Waals surface area contributed by atoms with Crippen LogP contribution in [0.3, 0.4) is 0 Å². The smallest absolute Gasteiger partial charge is 0.304 e. The van der Waals surface area contributed by atoms with Crippen molar-refractivity contribution in [3.8, 4) is 22.6 Å². The molecule has 1 atom stereocenters. The molecular weight excluding hydrogens is 388 g/mol. The van der Waals surface area contributed by atoms with E-state index in [1.165, 1.54) is 41.4 Å². The van der Waals surface area contributed by atoms with Gasteiger partial charge in [0.15, 0.2) is 0 Å². The molecule has 4 aromatic rings. The molecule has 0 saturated heterocycles. The Balaban J connectivity index is 1.96. The number of rotatable bonds is 5. The van der Waals surface area contributed by atoms with Crippen LogP contribution >= 0.6 is 0 Å². The second-order valence-electron chi connectivity index (χ2n) is 6.93. The lowest BCUT2D eigenvalue weighted by molar-refractivity contribution is -0.137. The number of aromatic hydroxyl groups is 2. The Morgan fingerprint density at radius 1 is 1.13 bits per heavy atom. The average Bonchev–Trinajstić information content (AvgIpc) is 3.13. The number of aryl methyl sites for hydroxylation is 1. The molecule has 0 bridgehead atoms. The van der Waals surface area contributed by atoms with Crippen LogP contribution in [0, 0.1) is 0 Å². The Hall–Kier alpha value is -4.07. The molecular formula is C22H18N2O6. The predicted octanol–water partition coefficient (Wildman–Crippen LogP) is 3.21. The van der Waals surface area contributed by atoms with E-state index in [1.54, 1.807) is 25.2 Å². The van der Waals surface area contributed by atoms with Crippen LogP contribution < -0.4 is 5.43 Å². The normalized spacial score (nSPS) is 12.2. The summed E-state index contributed by atoms with van der Waals surface area (Å²) < 4.78 is 7.30. The minimum atomic E-state index is -1.07. The van der Waals surface area contributed by atoms with Crippen molar-refractivity contribution in [2.24, 2.45) is 7.05 Å². The minimum absolute atomic E-state index is 0.0730. The first-order chi connectivity index (χ1) is 14.4. The van der Waals surface area contributed by atoms with Crippen LogP contribution in [0.2, 0.25) is 0 Å². The molecule has 0 unspecified atom stereocenters. The monoisotopic (exact) mass is 406 g/mol. The maximum atomic E-state index is 13.1. The quantitative estimate of drug-likeness (QED) is 0.465. The average molecular weight is 406 g/mol. The number of carboxylic acids is 1. The topological polar surface area (TPSA) is 126 Å². The Morgan fingerprint density at radius 3 is 2.50 bits per heavy atom. The zero-order chi connectivity index (χ0) is 21.4. The van der Waals surface area contributed by atoms with Crippen LogP contribution in [-0.2, 0) is 11.8 Å². The highest BCUT2D eigenvalue weighted by Gasteiger charge is 2.28. The van der Waals surface area contributed by atoms with Crippen LogP contribution in [0.15, 0.2) is 64.1 Å². The van der Waals surface area contributed by atoms with Gasteiger partial charge < -0.3 is 19.7 Å². The van der Waals surface area contributed by atoms with Gasteiger partial charge in [0.2, 0.25) is 5.43 Å². The zero-order valence-corrected chi connectivity index (χ0v) is 15.9. The summed E-state index contributed by atoms with van der Waals surface area (Å²) in [6.07, 6.45) is 2.49. The molecule has 30 heavy (non-hydrogen) atoms. The summed E-state index contributed by atoms with van der Waals surface area (Å²) in [6, 6.07) is 10.6. The van der Waals surface area contributed by atoms with E-state index in [0.717, 1.165) is 0 Å². The number of aliphatic carboxylic acids is 1. The van der Waals surface area contributed by atoms with Gasteiger partial charge in [0.25, 0.3) is 0 Å². The Morgan fingerprint density at radius 2 is 1.87 bits per heavy atom. The molecule has 2 aromatic heterocycles. The summed E-state index contributed by atoms with van der Waals surface area (Å²) in [4.78, 5) is 24.7. The van der Waals surface area contributed by atoms with E-state index < -0.39 is 11.9 Å². The van der Waals surface area contributed by atoms with Gasteiger partial charge in [-0.3, -0.25) is 14.3 Å². The van der Waals surface area contributed by atoms with Gasteiger partial charge in [-0.25, -0.2) is 0 Å². The van der Waals surface area contributed by atoms with Crippen LogP contribution in [0.5, 0.6) is 11.5 Å². The molecule has 2 heterocycles. The third-order valence-corrected chi connectivity index (χ3v) is 5.08. The number of benzene rings is 2. The number of phenolic OH excluding ortho intramolecular Hbond substituents is 2. The lowest BCUT2D eigenvalue weighted by atomic mass is 9.89. The number of phenols is 2. The van der Waals surface area contributed by atoms with E-state index in [4.69, 9.17) is 4.42 Å². The number of aromatic nitrogens is 2. The van der Waals surface area contributed by atoms with Crippen molar-refractivity contribution in [2.45, 2.75) is 12.3 Å². The lowest BCUT2D eigenvalue weighted by Crippen LogP contribution is -2.14. The maximum Gasteiger partial charge on any atom is 0.304 e. The number of hydrogen-bond acceptors (Lipinski definition) is 6. The Labute approximate surface area is 170 Å². The molecule has 3 N–H and O–H groups in total. The van der Waals surface area contributed by atoms with Crippen molar-refractivity contribution >= 4 is 16.9 Å². The molecule has 152 valence electrons.